The van der Waals surface area contributed by atoms with Crippen molar-refractivity contribution in [2.24, 2.45) is 11.8 Å². The second kappa shape index (κ2) is 4.73. The van der Waals surface area contributed by atoms with E-state index in [9.17, 15) is 4.39 Å². The smallest absolute Gasteiger partial charge is 0.141 e. The van der Waals surface area contributed by atoms with E-state index in [0.717, 1.165) is 5.56 Å². The van der Waals surface area contributed by atoms with Gasteiger partial charge < -0.3 is 0 Å². The lowest BCUT2D eigenvalue weighted by atomic mass is 9.97. The lowest BCUT2D eigenvalue weighted by Gasteiger charge is -2.20. The molecule has 0 spiro atoms. The number of rotatable bonds is 3. The van der Waals surface area contributed by atoms with Gasteiger partial charge in [-0.1, -0.05) is 31.5 Å². The van der Waals surface area contributed by atoms with E-state index < -0.39 is 5.82 Å². The molecule has 1 rings (SSSR count). The van der Waals surface area contributed by atoms with E-state index in [0.29, 0.717) is 5.92 Å². The SMILES string of the molecule is CC(C)C(NN)c1ccc(F)c(Cl)c1. The van der Waals surface area contributed by atoms with E-state index in [1.807, 2.05) is 13.8 Å². The summed E-state index contributed by atoms with van der Waals surface area (Å²) in [5, 5.41) is 0.128. The van der Waals surface area contributed by atoms with Gasteiger partial charge in [-0.15, -0.1) is 0 Å². The maximum absolute atomic E-state index is 12.9. The quantitative estimate of drug-likeness (QED) is 0.602. The van der Waals surface area contributed by atoms with Crippen LogP contribution in [-0.4, -0.2) is 0 Å². The molecule has 1 aromatic carbocycles. The maximum Gasteiger partial charge on any atom is 0.141 e. The molecule has 0 saturated carbocycles. The molecule has 0 heterocycles. The minimum atomic E-state index is -0.407. The van der Waals surface area contributed by atoms with Crippen molar-refractivity contribution in [1.82, 2.24) is 5.43 Å². The van der Waals surface area contributed by atoms with Crippen molar-refractivity contribution in [3.8, 4) is 0 Å². The molecule has 4 heteroatoms. The third kappa shape index (κ3) is 2.44. The van der Waals surface area contributed by atoms with Gasteiger partial charge in [0.2, 0.25) is 0 Å². The fourth-order valence-electron chi connectivity index (χ4n) is 1.38. The molecule has 14 heavy (non-hydrogen) atoms. The van der Waals surface area contributed by atoms with Crippen molar-refractivity contribution >= 4 is 11.6 Å². The Hall–Kier alpha value is -0.640. The third-order valence-corrected chi connectivity index (χ3v) is 2.44. The summed E-state index contributed by atoms with van der Waals surface area (Å²) in [6.45, 7) is 4.06. The first-order chi connectivity index (χ1) is 6.56. The molecule has 1 atom stereocenters. The molecule has 2 nitrogen and oxygen atoms in total. The lowest BCUT2D eigenvalue weighted by Crippen LogP contribution is -2.31. The summed E-state index contributed by atoms with van der Waals surface area (Å²) >= 11 is 5.68. The van der Waals surface area contributed by atoms with Crippen molar-refractivity contribution in [3.63, 3.8) is 0 Å². The molecule has 0 bridgehead atoms. The molecule has 1 unspecified atom stereocenters. The van der Waals surface area contributed by atoms with Gasteiger partial charge in [0.1, 0.15) is 5.82 Å². The number of hydrazine groups is 1. The van der Waals surface area contributed by atoms with Crippen LogP contribution in [0.3, 0.4) is 0 Å². The number of nitrogens with two attached hydrogens (primary N) is 1. The highest BCUT2D eigenvalue weighted by Crippen LogP contribution is 2.24. The van der Waals surface area contributed by atoms with Crippen molar-refractivity contribution < 1.29 is 4.39 Å². The van der Waals surface area contributed by atoms with Gasteiger partial charge in [0.05, 0.1) is 5.02 Å². The standard InChI is InChI=1S/C10H14ClFN2/c1-6(2)10(14-13)7-3-4-9(12)8(11)5-7/h3-6,10,14H,13H2,1-2H3. The molecule has 0 aliphatic carbocycles. The van der Waals surface area contributed by atoms with Gasteiger partial charge in [0, 0.05) is 6.04 Å². The number of halogens is 2. The molecule has 0 aromatic heterocycles. The van der Waals surface area contributed by atoms with E-state index >= 15 is 0 Å². The second-order valence-corrected chi connectivity index (χ2v) is 3.97. The van der Waals surface area contributed by atoms with Crippen LogP contribution in [0.5, 0.6) is 0 Å². The molecule has 1 aromatic rings. The summed E-state index contributed by atoms with van der Waals surface area (Å²) in [6.07, 6.45) is 0. The van der Waals surface area contributed by atoms with Crippen molar-refractivity contribution in [2.75, 3.05) is 0 Å². The largest absolute Gasteiger partial charge is 0.271 e. The molecular formula is C10H14ClFN2. The Balaban J connectivity index is 3.00. The van der Waals surface area contributed by atoms with Gasteiger partial charge in [-0.25, -0.2) is 4.39 Å². The van der Waals surface area contributed by atoms with Gasteiger partial charge in [-0.2, -0.15) is 0 Å². The molecule has 3 N–H and O–H groups in total. The number of benzene rings is 1. The Kier molecular flexibility index (Phi) is 3.86. The zero-order valence-electron chi connectivity index (χ0n) is 8.22. The Morgan fingerprint density at radius 2 is 2.07 bits per heavy atom. The van der Waals surface area contributed by atoms with Crippen LogP contribution in [0.15, 0.2) is 18.2 Å². The highest BCUT2D eigenvalue weighted by atomic mass is 35.5. The first-order valence-corrected chi connectivity index (χ1v) is 4.85. The van der Waals surface area contributed by atoms with Crippen LogP contribution >= 0.6 is 11.6 Å². The molecule has 0 saturated heterocycles. The first-order valence-electron chi connectivity index (χ1n) is 4.47. The van der Waals surface area contributed by atoms with Crippen molar-refractivity contribution in [3.05, 3.63) is 34.6 Å². The Morgan fingerprint density at radius 3 is 2.50 bits per heavy atom. The molecule has 0 amide bonds. The Morgan fingerprint density at radius 1 is 1.43 bits per heavy atom. The molecule has 0 radical (unpaired) electrons. The van der Waals surface area contributed by atoms with Crippen LogP contribution in [0, 0.1) is 11.7 Å². The molecule has 0 aliphatic heterocycles. The van der Waals surface area contributed by atoms with Gasteiger partial charge in [-0.05, 0) is 23.6 Å². The number of hydrogen-bond acceptors (Lipinski definition) is 2. The normalized spacial score (nSPS) is 13.3. The minimum Gasteiger partial charge on any atom is -0.271 e. The zero-order valence-corrected chi connectivity index (χ0v) is 8.98. The van der Waals surface area contributed by atoms with Crippen LogP contribution < -0.4 is 11.3 Å². The Labute approximate surface area is 88.2 Å². The molecule has 0 aliphatic rings. The van der Waals surface area contributed by atoms with E-state index in [4.69, 9.17) is 17.4 Å². The van der Waals surface area contributed by atoms with E-state index in [1.54, 1.807) is 12.1 Å². The van der Waals surface area contributed by atoms with Crippen LogP contribution in [0.4, 0.5) is 4.39 Å². The first kappa shape index (κ1) is 11.4. The minimum absolute atomic E-state index is 0.00639. The average molecular weight is 217 g/mol. The van der Waals surface area contributed by atoms with Crippen LogP contribution in [0.25, 0.3) is 0 Å². The summed E-state index contributed by atoms with van der Waals surface area (Å²) in [6, 6.07) is 4.63. The van der Waals surface area contributed by atoms with Gasteiger partial charge >= 0.3 is 0 Å². The molecule has 0 fully saturated rings. The highest BCUT2D eigenvalue weighted by Gasteiger charge is 2.14. The summed E-state index contributed by atoms with van der Waals surface area (Å²) < 4.78 is 12.9. The molecular weight excluding hydrogens is 203 g/mol. The number of hydrogen-bond donors (Lipinski definition) is 2. The van der Waals surface area contributed by atoms with Crippen LogP contribution in [0.1, 0.15) is 25.5 Å². The summed E-state index contributed by atoms with van der Waals surface area (Å²) in [5.41, 5.74) is 3.58. The lowest BCUT2D eigenvalue weighted by molar-refractivity contribution is 0.420. The predicted molar refractivity (Wildman–Crippen MR) is 56.3 cm³/mol. The van der Waals surface area contributed by atoms with Crippen molar-refractivity contribution in [2.45, 2.75) is 19.9 Å². The van der Waals surface area contributed by atoms with Gasteiger partial charge in [0.15, 0.2) is 0 Å². The fraction of sp³-hybridized carbons (Fsp3) is 0.400. The van der Waals surface area contributed by atoms with Crippen molar-refractivity contribution in [1.29, 1.82) is 0 Å². The van der Waals surface area contributed by atoms with E-state index in [-0.39, 0.29) is 11.1 Å². The fourth-order valence-corrected chi connectivity index (χ4v) is 1.57. The summed E-state index contributed by atoms with van der Waals surface area (Å²) in [7, 11) is 0. The summed E-state index contributed by atoms with van der Waals surface area (Å²) in [4.78, 5) is 0. The maximum atomic E-state index is 12.9. The highest BCUT2D eigenvalue weighted by molar-refractivity contribution is 6.30. The zero-order chi connectivity index (χ0) is 10.7. The molecule has 78 valence electrons. The number of nitrogens with one attached hydrogen (secondary N) is 1. The average Bonchev–Trinajstić information content (AvgIpc) is 2.11. The van der Waals surface area contributed by atoms with E-state index in [2.05, 4.69) is 5.43 Å². The second-order valence-electron chi connectivity index (χ2n) is 3.56. The van der Waals surface area contributed by atoms with E-state index in [1.165, 1.54) is 6.07 Å². The third-order valence-electron chi connectivity index (χ3n) is 2.15. The van der Waals surface area contributed by atoms with Crippen LogP contribution in [0.2, 0.25) is 5.02 Å². The topological polar surface area (TPSA) is 38.0 Å². The van der Waals surface area contributed by atoms with Gasteiger partial charge in [0.25, 0.3) is 0 Å². The summed E-state index contributed by atoms with van der Waals surface area (Å²) in [5.74, 6) is 5.32. The Bertz CT molecular complexity index is 315. The monoisotopic (exact) mass is 216 g/mol. The van der Waals surface area contributed by atoms with Crippen LogP contribution in [-0.2, 0) is 0 Å². The van der Waals surface area contributed by atoms with Gasteiger partial charge in [-0.3, -0.25) is 11.3 Å². The predicted octanol–water partition coefficient (Wildman–Crippen LogP) is 2.64.